The van der Waals surface area contributed by atoms with Crippen LogP contribution < -0.4 is 16.4 Å². The highest BCUT2D eigenvalue weighted by atomic mass is 32.2. The summed E-state index contributed by atoms with van der Waals surface area (Å²) in [6, 6.07) is 16.6. The number of hydrogen-bond donors (Lipinski definition) is 2. The Kier molecular flexibility index (Phi) is 4.48. The molecule has 2 aliphatic heterocycles. The van der Waals surface area contributed by atoms with Crippen molar-refractivity contribution in [3.63, 3.8) is 0 Å². The molecule has 134 valence electrons. The summed E-state index contributed by atoms with van der Waals surface area (Å²) >= 11 is 1.56. The average molecular weight is 366 g/mol. The van der Waals surface area contributed by atoms with Crippen LogP contribution in [-0.2, 0) is 6.54 Å². The van der Waals surface area contributed by atoms with Crippen LogP contribution in [0.4, 0.5) is 5.69 Å². The molecular weight excluding hydrogens is 342 g/mol. The monoisotopic (exact) mass is 365 g/mol. The van der Waals surface area contributed by atoms with Crippen molar-refractivity contribution in [2.24, 2.45) is 16.5 Å². The minimum absolute atomic E-state index is 0.223. The van der Waals surface area contributed by atoms with Crippen molar-refractivity contribution in [3.05, 3.63) is 75.9 Å². The topological polar surface area (TPSA) is 70.9 Å². The smallest absolute Gasteiger partial charge is 0.136 e. The summed E-state index contributed by atoms with van der Waals surface area (Å²) in [5.74, 6) is 0. The number of anilines is 1. The Labute approximate surface area is 158 Å². The molecule has 26 heavy (non-hydrogen) atoms. The van der Waals surface area contributed by atoms with Crippen molar-refractivity contribution < 1.29 is 0 Å². The van der Waals surface area contributed by atoms with Crippen LogP contribution in [0.3, 0.4) is 0 Å². The van der Waals surface area contributed by atoms with E-state index in [0.29, 0.717) is 6.54 Å². The summed E-state index contributed by atoms with van der Waals surface area (Å²) in [6.07, 6.45) is 1.55. The fraction of sp³-hybridized carbons (Fsp3) is 0.250. The molecule has 2 aliphatic rings. The summed E-state index contributed by atoms with van der Waals surface area (Å²) in [4.78, 5) is 8.87. The molecule has 5 nitrogen and oxygen atoms in total. The van der Waals surface area contributed by atoms with Crippen LogP contribution in [0.25, 0.3) is 0 Å². The van der Waals surface area contributed by atoms with E-state index < -0.39 is 0 Å². The van der Waals surface area contributed by atoms with E-state index in [1.54, 1.807) is 11.8 Å². The Morgan fingerprint density at radius 3 is 2.38 bits per heavy atom. The summed E-state index contributed by atoms with van der Waals surface area (Å²) in [6.45, 7) is 4.93. The van der Waals surface area contributed by atoms with Gasteiger partial charge >= 0.3 is 0 Å². The SMILES string of the molecule is Cc1cccc(C)c1N1C2=C(N=CN(Cc3ccccc3)C2N)SC1N. The van der Waals surface area contributed by atoms with Gasteiger partial charge in [0.1, 0.15) is 16.7 Å². The maximum atomic E-state index is 6.67. The molecule has 2 aromatic carbocycles. The second kappa shape index (κ2) is 6.79. The molecule has 4 N–H and O–H groups in total. The third-order valence-corrected chi connectivity index (χ3v) is 5.80. The Morgan fingerprint density at radius 2 is 1.69 bits per heavy atom. The second-order valence-electron chi connectivity index (χ2n) is 6.66. The lowest BCUT2D eigenvalue weighted by Gasteiger charge is -2.37. The number of hydrogen-bond acceptors (Lipinski definition) is 6. The highest BCUT2D eigenvalue weighted by Crippen LogP contribution is 2.44. The van der Waals surface area contributed by atoms with Crippen LogP contribution in [0.2, 0.25) is 0 Å². The summed E-state index contributed by atoms with van der Waals surface area (Å²) < 4.78 is 0. The normalized spacial score (nSPS) is 22.2. The van der Waals surface area contributed by atoms with E-state index in [1.165, 1.54) is 16.7 Å². The lowest BCUT2D eigenvalue weighted by atomic mass is 10.1. The van der Waals surface area contributed by atoms with E-state index in [9.17, 15) is 0 Å². The van der Waals surface area contributed by atoms with Crippen molar-refractivity contribution >= 4 is 23.8 Å². The summed E-state index contributed by atoms with van der Waals surface area (Å²) in [5.41, 5.74) is 18.6. The van der Waals surface area contributed by atoms with Gasteiger partial charge in [-0.05, 0) is 30.5 Å². The Hall–Kier alpha value is -2.28. The van der Waals surface area contributed by atoms with Gasteiger partial charge in [0, 0.05) is 12.2 Å². The van der Waals surface area contributed by atoms with Crippen LogP contribution in [0.1, 0.15) is 16.7 Å². The first-order valence-electron chi connectivity index (χ1n) is 8.67. The molecule has 0 saturated heterocycles. The van der Waals surface area contributed by atoms with Gasteiger partial charge in [0.15, 0.2) is 0 Å². The molecule has 2 unspecified atom stereocenters. The van der Waals surface area contributed by atoms with Crippen molar-refractivity contribution in [2.45, 2.75) is 32.1 Å². The summed E-state index contributed by atoms with van der Waals surface area (Å²) in [7, 11) is 0. The van der Waals surface area contributed by atoms with Gasteiger partial charge in [0.2, 0.25) is 0 Å². The number of benzene rings is 2. The van der Waals surface area contributed by atoms with E-state index in [-0.39, 0.29) is 11.7 Å². The number of nitrogens with two attached hydrogens (primary N) is 2. The van der Waals surface area contributed by atoms with E-state index in [4.69, 9.17) is 11.5 Å². The molecule has 4 rings (SSSR count). The van der Waals surface area contributed by atoms with Gasteiger partial charge in [-0.3, -0.25) is 0 Å². The third-order valence-electron chi connectivity index (χ3n) is 4.81. The minimum Gasteiger partial charge on any atom is -0.337 e. The number of aliphatic imine (C=N–C) groups is 1. The first-order valence-corrected chi connectivity index (χ1v) is 9.55. The molecule has 2 aromatic rings. The van der Waals surface area contributed by atoms with E-state index in [2.05, 4.69) is 59.0 Å². The standard InChI is InChI=1S/C20H23N5S/c1-13-7-6-8-14(2)16(13)25-17-18(21)24(11-15-9-4-3-5-10-15)12-23-19(17)26-20(25)22/h3-10,12,18,20H,11,21-22H2,1-2H3. The lowest BCUT2D eigenvalue weighted by molar-refractivity contribution is 0.344. The fourth-order valence-corrected chi connectivity index (χ4v) is 4.56. The first kappa shape index (κ1) is 17.1. The molecular formula is C20H23N5S. The molecule has 0 radical (unpaired) electrons. The number of rotatable bonds is 3. The van der Waals surface area contributed by atoms with Crippen LogP contribution in [0, 0.1) is 13.8 Å². The Bertz CT molecular complexity index is 857. The first-order chi connectivity index (χ1) is 12.6. The largest absolute Gasteiger partial charge is 0.337 e. The number of nitrogens with zero attached hydrogens (tertiary/aromatic N) is 3. The molecule has 0 saturated carbocycles. The molecule has 0 aromatic heterocycles. The molecule has 0 bridgehead atoms. The van der Waals surface area contributed by atoms with Gasteiger partial charge in [0.25, 0.3) is 0 Å². The fourth-order valence-electron chi connectivity index (χ4n) is 3.56. The average Bonchev–Trinajstić information content (AvgIpc) is 2.95. The maximum absolute atomic E-state index is 6.67. The highest BCUT2D eigenvalue weighted by Gasteiger charge is 2.39. The van der Waals surface area contributed by atoms with Crippen LogP contribution >= 0.6 is 11.8 Å². The van der Waals surface area contributed by atoms with E-state index in [0.717, 1.165) is 16.4 Å². The Morgan fingerprint density at radius 1 is 1.00 bits per heavy atom. The summed E-state index contributed by atoms with van der Waals surface area (Å²) in [5, 5.41) is 0.914. The zero-order valence-corrected chi connectivity index (χ0v) is 15.8. The predicted molar refractivity (Wildman–Crippen MR) is 109 cm³/mol. The molecule has 0 fully saturated rings. The molecule has 0 aliphatic carbocycles. The van der Waals surface area contributed by atoms with Gasteiger partial charge in [-0.15, -0.1) is 0 Å². The number of thioether (sulfide) groups is 1. The molecule has 0 amide bonds. The minimum atomic E-state index is -0.289. The predicted octanol–water partition coefficient (Wildman–Crippen LogP) is 3.10. The third kappa shape index (κ3) is 2.90. The van der Waals surface area contributed by atoms with Crippen LogP contribution in [0.5, 0.6) is 0 Å². The van der Waals surface area contributed by atoms with Gasteiger partial charge in [0.05, 0.1) is 12.0 Å². The number of para-hydroxylation sites is 1. The van der Waals surface area contributed by atoms with Gasteiger partial charge in [-0.2, -0.15) is 0 Å². The van der Waals surface area contributed by atoms with Crippen LogP contribution in [-0.4, -0.2) is 22.9 Å². The van der Waals surface area contributed by atoms with E-state index >= 15 is 0 Å². The molecule has 0 spiro atoms. The van der Waals surface area contributed by atoms with E-state index in [1.807, 2.05) is 24.5 Å². The molecule has 2 atom stereocenters. The molecule has 2 heterocycles. The van der Waals surface area contributed by atoms with Gasteiger partial charge < -0.3 is 21.3 Å². The lowest BCUT2D eigenvalue weighted by Crippen LogP contribution is -2.50. The van der Waals surface area contributed by atoms with Gasteiger partial charge in [-0.25, -0.2) is 4.99 Å². The quantitative estimate of drug-likeness (QED) is 0.875. The molecule has 6 heteroatoms. The Balaban J connectivity index is 1.69. The van der Waals surface area contributed by atoms with Gasteiger partial charge in [-0.1, -0.05) is 60.3 Å². The second-order valence-corrected chi connectivity index (χ2v) is 7.76. The van der Waals surface area contributed by atoms with Crippen molar-refractivity contribution in [3.8, 4) is 0 Å². The maximum Gasteiger partial charge on any atom is 0.136 e. The van der Waals surface area contributed by atoms with Crippen molar-refractivity contribution in [1.29, 1.82) is 0 Å². The zero-order valence-electron chi connectivity index (χ0n) is 15.0. The van der Waals surface area contributed by atoms with Crippen molar-refractivity contribution in [2.75, 3.05) is 4.90 Å². The zero-order chi connectivity index (χ0) is 18.3. The van der Waals surface area contributed by atoms with Crippen LogP contribution in [0.15, 0.2) is 64.2 Å². The highest BCUT2D eigenvalue weighted by molar-refractivity contribution is 8.04. The number of aryl methyl sites for hydroxylation is 2. The van der Waals surface area contributed by atoms with Crippen molar-refractivity contribution in [1.82, 2.24) is 4.90 Å².